The van der Waals surface area contributed by atoms with E-state index in [1.165, 1.54) is 0 Å². The predicted octanol–water partition coefficient (Wildman–Crippen LogP) is -4.05. The fraction of sp³-hybridized carbons (Fsp3) is 0.880. The maximum absolute atomic E-state index is 11.1. The van der Waals surface area contributed by atoms with Crippen LogP contribution >= 0.6 is 0 Å². The van der Waals surface area contributed by atoms with E-state index in [1.807, 2.05) is 26.0 Å². The Morgan fingerprint density at radius 3 is 0.851 bits per heavy atom. The largest absolute Gasteiger partial charge is 0.394 e. The number of hydrogen-bond donors (Lipinski definition) is 16. The topological polar surface area (TPSA) is 398 Å². The number of unbranched alkanes of at least 4 members (excludes halogenated alkanes) is 6. The standard InChI is InChI=1S/C50H86O24/c1-3-5-7-11-15-49(23-67-45-41(63)37(59)33(55)29(19-51)71-45,24-68-46-42(64)38(60)34(56)30(20-52)72-46)17-27-13-9-10-14-28(27)18-50(16-12-8-6-4-2,25-69-47-43(65)39(61)35(57)31(21-53)73-47)26-70-48-44(66)40(62)36(58)32(22-54)74-48/h9-10,13-14,29-48,51-66H,3-8,11-12,15-26H2,1-2H3/t29?,30?,31?,32?,33-,34-,35-,36-,37+,38+,39+,40+,41?,42?,43?,44?,45-,46-,47-,48-,49?,50?/m1/s1. The monoisotopic (exact) mass is 1070 g/mol. The highest BCUT2D eigenvalue weighted by atomic mass is 16.7. The predicted molar refractivity (Wildman–Crippen MR) is 255 cm³/mol. The summed E-state index contributed by atoms with van der Waals surface area (Å²) in [6.07, 6.45) is -25.4. The van der Waals surface area contributed by atoms with Crippen molar-refractivity contribution >= 4 is 0 Å². The number of aliphatic hydroxyl groups excluding tert-OH is 16. The van der Waals surface area contributed by atoms with Gasteiger partial charge in [0, 0.05) is 10.8 Å². The van der Waals surface area contributed by atoms with Crippen LogP contribution in [0.15, 0.2) is 24.3 Å². The van der Waals surface area contributed by atoms with Gasteiger partial charge in [-0.3, -0.25) is 0 Å². The smallest absolute Gasteiger partial charge is 0.186 e. The molecule has 4 aliphatic rings. The van der Waals surface area contributed by atoms with Gasteiger partial charge in [0.2, 0.25) is 0 Å². The lowest BCUT2D eigenvalue weighted by Crippen LogP contribution is -2.60. The normalized spacial score (nSPS) is 38.6. The minimum atomic E-state index is -1.77. The minimum absolute atomic E-state index is 0.0944. The zero-order chi connectivity index (χ0) is 54.3. The van der Waals surface area contributed by atoms with Crippen molar-refractivity contribution in [1.29, 1.82) is 0 Å². The van der Waals surface area contributed by atoms with Crippen LogP contribution in [0.2, 0.25) is 0 Å². The molecule has 74 heavy (non-hydrogen) atoms. The molecule has 16 N–H and O–H groups in total. The molecule has 1 aromatic rings. The molecule has 24 nitrogen and oxygen atoms in total. The van der Waals surface area contributed by atoms with Crippen LogP contribution < -0.4 is 0 Å². The second-order valence-corrected chi connectivity index (χ2v) is 20.8. The molecule has 430 valence electrons. The van der Waals surface area contributed by atoms with Gasteiger partial charge in [-0.05, 0) is 36.8 Å². The third kappa shape index (κ3) is 16.0. The number of hydrogen-bond acceptors (Lipinski definition) is 24. The zero-order valence-electron chi connectivity index (χ0n) is 42.4. The van der Waals surface area contributed by atoms with Gasteiger partial charge in [0.05, 0.1) is 52.9 Å². The molecule has 5 rings (SSSR count). The Balaban J connectivity index is 1.59. The van der Waals surface area contributed by atoms with Crippen LogP contribution in [-0.4, -0.2) is 257 Å². The van der Waals surface area contributed by atoms with Gasteiger partial charge in [0.15, 0.2) is 25.2 Å². The van der Waals surface area contributed by atoms with Crippen LogP contribution in [0, 0.1) is 10.8 Å². The summed E-state index contributed by atoms with van der Waals surface area (Å²) in [6.45, 7) is -0.00152. The fourth-order valence-corrected chi connectivity index (χ4v) is 10.2. The van der Waals surface area contributed by atoms with Gasteiger partial charge in [0.25, 0.3) is 0 Å². The van der Waals surface area contributed by atoms with Crippen LogP contribution in [0.5, 0.6) is 0 Å². The van der Waals surface area contributed by atoms with Gasteiger partial charge in [0.1, 0.15) is 97.7 Å². The van der Waals surface area contributed by atoms with E-state index in [0.717, 1.165) is 38.5 Å². The second-order valence-electron chi connectivity index (χ2n) is 20.8. The van der Waals surface area contributed by atoms with E-state index in [0.29, 0.717) is 36.8 Å². The summed E-state index contributed by atoms with van der Waals surface area (Å²) in [5.41, 5.74) is -0.997. The quantitative estimate of drug-likeness (QED) is 0.0326. The molecule has 0 amide bonds. The third-order valence-electron chi connectivity index (χ3n) is 15.0. The molecule has 4 saturated heterocycles. The Hall–Kier alpha value is -1.74. The van der Waals surface area contributed by atoms with E-state index < -0.39 is 160 Å². The van der Waals surface area contributed by atoms with Gasteiger partial charge in [-0.15, -0.1) is 0 Å². The van der Waals surface area contributed by atoms with E-state index in [9.17, 15) is 81.7 Å². The molecule has 4 heterocycles. The maximum Gasteiger partial charge on any atom is 0.186 e. The Bertz CT molecular complexity index is 1530. The van der Waals surface area contributed by atoms with Crippen molar-refractivity contribution < 1.29 is 120 Å². The first-order valence-electron chi connectivity index (χ1n) is 26.1. The lowest BCUT2D eigenvalue weighted by Gasteiger charge is -2.44. The van der Waals surface area contributed by atoms with Gasteiger partial charge >= 0.3 is 0 Å². The Kier molecular flexibility index (Phi) is 25.6. The van der Waals surface area contributed by atoms with E-state index >= 15 is 0 Å². The number of rotatable bonds is 30. The first-order valence-corrected chi connectivity index (χ1v) is 26.1. The van der Waals surface area contributed by atoms with Crippen LogP contribution in [0.4, 0.5) is 0 Å². The summed E-state index contributed by atoms with van der Waals surface area (Å²) in [5.74, 6) is 0. The Labute approximate surface area is 431 Å². The van der Waals surface area contributed by atoms with Crippen molar-refractivity contribution in [3.63, 3.8) is 0 Å². The van der Waals surface area contributed by atoms with Crippen LogP contribution in [0.3, 0.4) is 0 Å². The summed E-state index contributed by atoms with van der Waals surface area (Å²) < 4.78 is 48.3. The number of benzene rings is 1. The number of aliphatic hydroxyl groups is 16. The molecule has 8 unspecified atom stereocenters. The summed E-state index contributed by atoms with van der Waals surface area (Å²) in [7, 11) is 0. The lowest BCUT2D eigenvalue weighted by atomic mass is 9.73. The number of ether oxygens (including phenoxy) is 8. The highest BCUT2D eigenvalue weighted by Gasteiger charge is 2.50. The summed E-state index contributed by atoms with van der Waals surface area (Å²) in [6, 6.07) is 7.26. The van der Waals surface area contributed by atoms with Crippen molar-refractivity contribution in [2.45, 2.75) is 214 Å². The van der Waals surface area contributed by atoms with Gasteiger partial charge < -0.3 is 120 Å². The minimum Gasteiger partial charge on any atom is -0.394 e. The fourth-order valence-electron chi connectivity index (χ4n) is 10.2. The van der Waals surface area contributed by atoms with Crippen molar-refractivity contribution in [2.75, 3.05) is 52.9 Å². The molecule has 4 fully saturated rings. The lowest BCUT2D eigenvalue weighted by molar-refractivity contribution is -0.318. The molecule has 20 atom stereocenters. The molecule has 0 aliphatic carbocycles. The molecule has 1 aromatic carbocycles. The van der Waals surface area contributed by atoms with E-state index in [4.69, 9.17) is 37.9 Å². The molecule has 0 aromatic heterocycles. The summed E-state index contributed by atoms with van der Waals surface area (Å²) in [4.78, 5) is 0. The van der Waals surface area contributed by atoms with Crippen LogP contribution in [0.25, 0.3) is 0 Å². The Morgan fingerprint density at radius 2 is 0.622 bits per heavy atom. The van der Waals surface area contributed by atoms with Gasteiger partial charge in [-0.1, -0.05) is 89.5 Å². The second kappa shape index (κ2) is 30.0. The molecular weight excluding hydrogens is 985 g/mol. The van der Waals surface area contributed by atoms with E-state index in [-0.39, 0.29) is 39.3 Å². The molecule has 24 heteroatoms. The highest BCUT2D eigenvalue weighted by molar-refractivity contribution is 5.30. The molecule has 0 spiro atoms. The van der Waals surface area contributed by atoms with Gasteiger partial charge in [-0.2, -0.15) is 0 Å². The highest BCUT2D eigenvalue weighted by Crippen LogP contribution is 2.40. The first-order chi connectivity index (χ1) is 35.3. The van der Waals surface area contributed by atoms with Crippen molar-refractivity contribution in [3.05, 3.63) is 35.4 Å². The first kappa shape index (κ1) is 63.1. The Morgan fingerprint density at radius 1 is 0.365 bits per heavy atom. The van der Waals surface area contributed by atoms with Gasteiger partial charge in [-0.25, -0.2) is 0 Å². The third-order valence-corrected chi connectivity index (χ3v) is 15.0. The molecule has 0 saturated carbocycles. The SMILES string of the molecule is CCCCCCC(CO[C@@H]1OC(CO)[C@@H](O)[C@H](O)C1O)(CO[C@@H]1OC(CO)[C@@H](O)[C@H](O)C1O)Cc1ccccc1CC(CCCCCC)(CO[C@@H]1OC(CO)[C@@H](O)[C@H](O)C1O)CO[C@@H]1OC(CO)[C@@H](O)[C@H](O)C1O. The van der Waals surface area contributed by atoms with Crippen LogP contribution in [0.1, 0.15) is 89.2 Å². The van der Waals surface area contributed by atoms with E-state index in [1.54, 1.807) is 12.1 Å². The zero-order valence-corrected chi connectivity index (χ0v) is 42.4. The molecular formula is C50H86O24. The maximum atomic E-state index is 11.1. The van der Waals surface area contributed by atoms with Crippen LogP contribution in [-0.2, 0) is 50.7 Å². The van der Waals surface area contributed by atoms with E-state index in [2.05, 4.69) is 0 Å². The summed E-state index contributed by atoms with van der Waals surface area (Å²) >= 11 is 0. The summed E-state index contributed by atoms with van der Waals surface area (Å²) in [5, 5.41) is 169. The van der Waals surface area contributed by atoms with Crippen molar-refractivity contribution in [1.82, 2.24) is 0 Å². The van der Waals surface area contributed by atoms with Crippen molar-refractivity contribution in [3.8, 4) is 0 Å². The molecule has 4 aliphatic heterocycles. The molecule has 0 bridgehead atoms. The van der Waals surface area contributed by atoms with Crippen molar-refractivity contribution in [2.24, 2.45) is 10.8 Å². The average molecular weight is 1070 g/mol. The average Bonchev–Trinajstić information content (AvgIpc) is 3.40. The molecule has 0 radical (unpaired) electrons.